The number of carboxylic acids is 1. The van der Waals surface area contributed by atoms with E-state index in [4.69, 9.17) is 9.94 Å². The van der Waals surface area contributed by atoms with E-state index in [1.165, 1.54) is 0 Å². The molecule has 2 aromatic carbocycles. The van der Waals surface area contributed by atoms with Crippen LogP contribution in [0.5, 0.6) is 0 Å². The molecule has 0 amide bonds. The Morgan fingerprint density at radius 2 is 1.80 bits per heavy atom. The molecule has 0 aromatic heterocycles. The Bertz CT molecular complexity index is 608. The third-order valence-corrected chi connectivity index (χ3v) is 2.71. The van der Waals surface area contributed by atoms with E-state index < -0.39 is 12.6 Å². The van der Waals surface area contributed by atoms with Crippen LogP contribution in [0, 0.1) is 0 Å². The van der Waals surface area contributed by atoms with Gasteiger partial charge in [-0.25, -0.2) is 4.79 Å². The van der Waals surface area contributed by atoms with Crippen molar-refractivity contribution in [3.63, 3.8) is 0 Å². The Labute approximate surface area is 117 Å². The fourth-order valence-electron chi connectivity index (χ4n) is 1.76. The molecule has 20 heavy (non-hydrogen) atoms. The van der Waals surface area contributed by atoms with Crippen LogP contribution in [0.2, 0.25) is 0 Å². The molecule has 0 saturated carbocycles. The molecule has 4 heteroatoms. The first-order valence-corrected chi connectivity index (χ1v) is 6.11. The molecule has 2 N–H and O–H groups in total. The molecule has 0 atom stereocenters. The molecule has 0 spiro atoms. The molecular weight excluding hydrogens is 254 g/mol. The van der Waals surface area contributed by atoms with E-state index in [1.807, 2.05) is 54.6 Å². The largest absolute Gasteiger partial charge is 0.479 e. The van der Waals surface area contributed by atoms with Gasteiger partial charge in [-0.15, -0.1) is 0 Å². The predicted octanol–water partition coefficient (Wildman–Crippen LogP) is 2.93. The SMILES string of the molecule is C=C(NOCC(=O)O)c1cccc(-c2ccccc2)c1. The van der Waals surface area contributed by atoms with Crippen molar-refractivity contribution in [2.75, 3.05) is 6.61 Å². The van der Waals surface area contributed by atoms with Crippen LogP contribution in [-0.4, -0.2) is 17.7 Å². The number of hydroxylamine groups is 1. The Balaban J connectivity index is 2.10. The normalized spacial score (nSPS) is 10.0. The van der Waals surface area contributed by atoms with Gasteiger partial charge >= 0.3 is 5.97 Å². The third-order valence-electron chi connectivity index (χ3n) is 2.71. The van der Waals surface area contributed by atoms with E-state index in [2.05, 4.69) is 12.1 Å². The first kappa shape index (κ1) is 13.8. The van der Waals surface area contributed by atoms with Crippen molar-refractivity contribution >= 4 is 11.7 Å². The average molecular weight is 269 g/mol. The molecule has 102 valence electrons. The summed E-state index contributed by atoms with van der Waals surface area (Å²) < 4.78 is 0. The molecule has 4 nitrogen and oxygen atoms in total. The summed E-state index contributed by atoms with van der Waals surface area (Å²) in [4.78, 5) is 15.2. The summed E-state index contributed by atoms with van der Waals surface area (Å²) >= 11 is 0. The van der Waals surface area contributed by atoms with Crippen LogP contribution in [0.3, 0.4) is 0 Å². The van der Waals surface area contributed by atoms with Gasteiger partial charge in [0.25, 0.3) is 0 Å². The van der Waals surface area contributed by atoms with Gasteiger partial charge in [0.2, 0.25) is 0 Å². The van der Waals surface area contributed by atoms with Crippen LogP contribution >= 0.6 is 0 Å². The van der Waals surface area contributed by atoms with Crippen LogP contribution in [0.25, 0.3) is 16.8 Å². The molecule has 0 saturated heterocycles. The van der Waals surface area contributed by atoms with Gasteiger partial charge in [0.05, 0.1) is 5.70 Å². The Morgan fingerprint density at radius 1 is 1.10 bits per heavy atom. The van der Waals surface area contributed by atoms with E-state index in [9.17, 15) is 4.79 Å². The summed E-state index contributed by atoms with van der Waals surface area (Å²) in [5.41, 5.74) is 6.06. The standard InChI is InChI=1S/C16H15NO3/c1-12(17-20-11-16(18)19)14-8-5-9-15(10-14)13-6-3-2-4-7-13/h2-10,17H,1,11H2,(H,18,19). The van der Waals surface area contributed by atoms with Crippen molar-refractivity contribution in [1.82, 2.24) is 5.48 Å². The Hall–Kier alpha value is -2.59. The van der Waals surface area contributed by atoms with Gasteiger partial charge in [-0.05, 0) is 22.8 Å². The van der Waals surface area contributed by atoms with Crippen LogP contribution in [0.15, 0.2) is 61.2 Å². The van der Waals surface area contributed by atoms with E-state index in [-0.39, 0.29) is 0 Å². The molecule has 0 unspecified atom stereocenters. The average Bonchev–Trinajstić information content (AvgIpc) is 2.48. The highest BCUT2D eigenvalue weighted by Gasteiger charge is 2.03. The molecule has 2 rings (SSSR count). The summed E-state index contributed by atoms with van der Waals surface area (Å²) in [5.74, 6) is -1.04. The number of carboxylic acid groups (broad SMARTS) is 1. The van der Waals surface area contributed by atoms with Crippen molar-refractivity contribution < 1.29 is 14.7 Å². The van der Waals surface area contributed by atoms with E-state index in [0.717, 1.165) is 16.7 Å². The summed E-state index contributed by atoms with van der Waals surface area (Å²) in [6.45, 7) is 3.41. The van der Waals surface area contributed by atoms with Gasteiger partial charge in [0.1, 0.15) is 0 Å². The molecule has 2 aromatic rings. The maximum Gasteiger partial charge on any atom is 0.332 e. The topological polar surface area (TPSA) is 58.6 Å². The van der Waals surface area contributed by atoms with Gasteiger partial charge in [-0.3, -0.25) is 10.3 Å². The van der Waals surface area contributed by atoms with Crippen molar-refractivity contribution in [2.24, 2.45) is 0 Å². The molecule has 0 aliphatic carbocycles. The highest BCUT2D eigenvalue weighted by Crippen LogP contribution is 2.22. The highest BCUT2D eigenvalue weighted by atomic mass is 16.7. The molecule has 0 bridgehead atoms. The summed E-state index contributed by atoms with van der Waals surface area (Å²) in [6.07, 6.45) is 0. The van der Waals surface area contributed by atoms with Gasteiger partial charge in [-0.1, -0.05) is 55.1 Å². The summed E-state index contributed by atoms with van der Waals surface area (Å²) in [6, 6.07) is 17.7. The first-order chi connectivity index (χ1) is 9.66. The zero-order valence-electron chi connectivity index (χ0n) is 10.9. The number of carbonyl (C=O) groups is 1. The van der Waals surface area contributed by atoms with E-state index in [0.29, 0.717) is 5.70 Å². The van der Waals surface area contributed by atoms with Crippen molar-refractivity contribution in [3.8, 4) is 11.1 Å². The minimum absolute atomic E-state index is 0.419. The molecule has 0 aliphatic rings. The molecule has 0 heterocycles. The number of benzene rings is 2. The van der Waals surface area contributed by atoms with Crippen LogP contribution < -0.4 is 5.48 Å². The minimum atomic E-state index is -1.04. The van der Waals surface area contributed by atoms with Gasteiger partial charge in [0.15, 0.2) is 6.61 Å². The van der Waals surface area contributed by atoms with Crippen molar-refractivity contribution in [1.29, 1.82) is 0 Å². The molecule has 0 radical (unpaired) electrons. The van der Waals surface area contributed by atoms with E-state index >= 15 is 0 Å². The minimum Gasteiger partial charge on any atom is -0.479 e. The van der Waals surface area contributed by atoms with E-state index in [1.54, 1.807) is 0 Å². The lowest BCUT2D eigenvalue weighted by molar-refractivity contribution is -0.143. The number of hydrogen-bond donors (Lipinski definition) is 2. The summed E-state index contributed by atoms with van der Waals surface area (Å²) in [7, 11) is 0. The van der Waals surface area contributed by atoms with Gasteiger partial charge < -0.3 is 5.11 Å². The lowest BCUT2D eigenvalue weighted by atomic mass is 10.0. The first-order valence-electron chi connectivity index (χ1n) is 6.11. The third kappa shape index (κ3) is 3.70. The predicted molar refractivity (Wildman–Crippen MR) is 77.6 cm³/mol. The number of aliphatic carboxylic acids is 1. The lowest BCUT2D eigenvalue weighted by Gasteiger charge is -2.10. The van der Waals surface area contributed by atoms with Gasteiger partial charge in [-0.2, -0.15) is 0 Å². The smallest absolute Gasteiger partial charge is 0.332 e. The Kier molecular flexibility index (Phi) is 4.52. The van der Waals surface area contributed by atoms with Crippen molar-refractivity contribution in [3.05, 3.63) is 66.7 Å². The van der Waals surface area contributed by atoms with Crippen LogP contribution in [0.1, 0.15) is 5.56 Å². The number of hydrogen-bond acceptors (Lipinski definition) is 3. The number of rotatable bonds is 6. The second-order valence-corrected chi connectivity index (χ2v) is 4.21. The lowest BCUT2D eigenvalue weighted by Crippen LogP contribution is -2.18. The zero-order chi connectivity index (χ0) is 14.4. The molecule has 0 aliphatic heterocycles. The van der Waals surface area contributed by atoms with Gasteiger partial charge in [0, 0.05) is 0 Å². The van der Waals surface area contributed by atoms with Crippen LogP contribution in [0.4, 0.5) is 0 Å². The van der Waals surface area contributed by atoms with Crippen molar-refractivity contribution in [2.45, 2.75) is 0 Å². The quantitative estimate of drug-likeness (QED) is 0.792. The zero-order valence-corrected chi connectivity index (χ0v) is 10.9. The Morgan fingerprint density at radius 3 is 2.50 bits per heavy atom. The second kappa shape index (κ2) is 6.54. The summed E-state index contributed by atoms with van der Waals surface area (Å²) in [5, 5.41) is 8.50. The monoisotopic (exact) mass is 269 g/mol. The maximum atomic E-state index is 10.4. The number of nitrogens with one attached hydrogen (secondary N) is 1. The fourth-order valence-corrected chi connectivity index (χ4v) is 1.76. The molecule has 0 fully saturated rings. The van der Waals surface area contributed by atoms with Crippen LogP contribution in [-0.2, 0) is 9.63 Å². The maximum absolute atomic E-state index is 10.4. The highest BCUT2D eigenvalue weighted by molar-refractivity contribution is 5.71. The molecular formula is C16H15NO3. The second-order valence-electron chi connectivity index (χ2n) is 4.21. The fraction of sp³-hybridized carbons (Fsp3) is 0.0625.